The molecule has 0 heterocycles. The molecule has 0 saturated heterocycles. The second kappa shape index (κ2) is 18.0. The molecule has 0 unspecified atom stereocenters. The maximum atomic E-state index is 14.4. The Morgan fingerprint density at radius 3 is 1.34 bits per heavy atom. The van der Waals surface area contributed by atoms with Crippen molar-refractivity contribution < 1.29 is 57.6 Å². The summed E-state index contributed by atoms with van der Waals surface area (Å²) in [7, 11) is -7.56. The highest BCUT2D eigenvalue weighted by Crippen LogP contribution is 2.24. The molecule has 4 aromatic carbocycles. The second-order valence-electron chi connectivity index (χ2n) is 11.2. The van der Waals surface area contributed by atoms with E-state index in [1.54, 1.807) is 5.32 Å². The quantitative estimate of drug-likeness (QED) is 0.139. The van der Waals surface area contributed by atoms with Gasteiger partial charge in [0.25, 0.3) is 5.91 Å². The minimum absolute atomic E-state index is 0.0760. The maximum Gasteiger partial charge on any atom is 0.315 e. The SMILES string of the molecule is CS(=O)(=O)N(Cc1ccc(C(=O)CN)cc1F)c1ccc(F)cc1.CS(=O)(=O)N(Cc1ccc(C(=O)CNC(=O)C(F)F)cc1F)c1ccc(F)cc1. The molecule has 0 atom stereocenters. The molecule has 11 nitrogen and oxygen atoms in total. The average molecular weight is 787 g/mol. The number of carbonyl (C=O) groups is 3. The van der Waals surface area contributed by atoms with Gasteiger partial charge in [-0.1, -0.05) is 24.3 Å². The smallest absolute Gasteiger partial charge is 0.315 e. The van der Waals surface area contributed by atoms with E-state index in [0.717, 1.165) is 57.5 Å². The Bertz CT molecular complexity index is 2170. The Morgan fingerprint density at radius 2 is 1.02 bits per heavy atom. The molecular weight excluding hydrogens is 755 g/mol. The van der Waals surface area contributed by atoms with Crippen LogP contribution >= 0.6 is 0 Å². The van der Waals surface area contributed by atoms with Gasteiger partial charge in [-0.3, -0.25) is 23.0 Å². The first kappa shape index (κ1) is 42.1. The van der Waals surface area contributed by atoms with Crippen LogP contribution in [0.1, 0.15) is 31.8 Å². The minimum Gasteiger partial charge on any atom is -0.344 e. The standard InChI is InChI=1S/C18H16F4N2O4S.C16H16F2N2O3S/c1-29(27,28)24(14-6-4-13(19)5-7-14)10-12-3-2-11(8-15(12)20)16(25)9-23-18(26)17(21)22;1-24(22,23)20(14-6-4-13(17)5-7-14)10-12-3-2-11(8-15(12)18)16(21)9-19/h2-8,17H,9-10H2,1H3,(H,23,26);2-8H,9-10,19H2,1H3. The largest absolute Gasteiger partial charge is 0.344 e. The number of nitrogens with two attached hydrogens (primary N) is 1. The van der Waals surface area contributed by atoms with E-state index < -0.39 is 80.3 Å². The van der Waals surface area contributed by atoms with Crippen molar-refractivity contribution in [1.82, 2.24) is 5.32 Å². The van der Waals surface area contributed by atoms with Crippen molar-refractivity contribution in [3.05, 3.63) is 130 Å². The van der Waals surface area contributed by atoms with Crippen molar-refractivity contribution in [2.75, 3.05) is 34.2 Å². The lowest BCUT2D eigenvalue weighted by atomic mass is 10.1. The van der Waals surface area contributed by atoms with Gasteiger partial charge in [0.15, 0.2) is 11.6 Å². The normalized spacial score (nSPS) is 11.4. The molecule has 4 aromatic rings. The Labute approximate surface area is 301 Å². The molecule has 3 N–H and O–H groups in total. The summed E-state index contributed by atoms with van der Waals surface area (Å²) in [5.41, 5.74) is 5.49. The number of benzene rings is 4. The van der Waals surface area contributed by atoms with E-state index in [9.17, 15) is 57.6 Å². The van der Waals surface area contributed by atoms with Crippen LogP contribution < -0.4 is 19.7 Å². The van der Waals surface area contributed by atoms with Crippen LogP contribution in [0, 0.1) is 23.3 Å². The summed E-state index contributed by atoms with van der Waals surface area (Å²) in [5, 5.41) is 1.71. The minimum atomic E-state index is -3.84. The van der Waals surface area contributed by atoms with Gasteiger partial charge in [-0.2, -0.15) is 8.78 Å². The number of alkyl halides is 2. The molecule has 4 rings (SSSR count). The number of Topliss-reactive ketones (excluding diaryl/α,β-unsaturated/α-hetero) is 2. The van der Waals surface area contributed by atoms with Crippen LogP contribution in [0.4, 0.5) is 37.7 Å². The van der Waals surface area contributed by atoms with Crippen molar-refractivity contribution in [3.8, 4) is 0 Å². The van der Waals surface area contributed by atoms with Gasteiger partial charge in [0.05, 0.1) is 50.1 Å². The highest BCUT2D eigenvalue weighted by molar-refractivity contribution is 7.92. The number of ketones is 2. The number of hydrogen-bond donors (Lipinski definition) is 2. The van der Waals surface area contributed by atoms with E-state index in [1.165, 1.54) is 48.5 Å². The fourth-order valence-electron chi connectivity index (χ4n) is 4.49. The summed E-state index contributed by atoms with van der Waals surface area (Å²) < 4.78 is 129. The molecule has 0 aliphatic heterocycles. The molecule has 0 saturated carbocycles. The van der Waals surface area contributed by atoms with E-state index in [4.69, 9.17) is 5.73 Å². The molecule has 0 spiro atoms. The Balaban J connectivity index is 0.000000290. The van der Waals surface area contributed by atoms with Gasteiger partial charge >= 0.3 is 6.43 Å². The Morgan fingerprint density at radius 1 is 0.642 bits per heavy atom. The lowest BCUT2D eigenvalue weighted by molar-refractivity contribution is -0.131. The topological polar surface area (TPSA) is 164 Å². The van der Waals surface area contributed by atoms with Crippen LogP contribution in [0.15, 0.2) is 84.9 Å². The van der Waals surface area contributed by atoms with E-state index in [0.29, 0.717) is 0 Å². The number of hydrogen-bond acceptors (Lipinski definition) is 8. The molecule has 19 heteroatoms. The monoisotopic (exact) mass is 786 g/mol. The lowest BCUT2D eigenvalue weighted by Gasteiger charge is -2.23. The van der Waals surface area contributed by atoms with Gasteiger partial charge in [0, 0.05) is 22.3 Å². The van der Waals surface area contributed by atoms with E-state index in [1.807, 2.05) is 0 Å². The number of nitrogens with one attached hydrogen (secondary N) is 1. The molecule has 0 aliphatic carbocycles. The van der Waals surface area contributed by atoms with Crippen LogP contribution in [0.25, 0.3) is 0 Å². The summed E-state index contributed by atoms with van der Waals surface area (Å²) in [5.74, 6) is -5.56. The first-order valence-corrected chi connectivity index (χ1v) is 18.8. The van der Waals surface area contributed by atoms with Gasteiger partial charge in [-0.05, 0) is 60.7 Å². The van der Waals surface area contributed by atoms with Crippen molar-refractivity contribution >= 4 is 48.9 Å². The Kier molecular flexibility index (Phi) is 14.3. The van der Waals surface area contributed by atoms with Gasteiger partial charge in [0.1, 0.15) is 23.3 Å². The summed E-state index contributed by atoms with van der Waals surface area (Å²) in [6, 6.07) is 16.3. The first-order chi connectivity index (χ1) is 24.7. The van der Waals surface area contributed by atoms with E-state index in [2.05, 4.69) is 0 Å². The fraction of sp³-hybridized carbons (Fsp3) is 0.206. The summed E-state index contributed by atoms with van der Waals surface area (Å²) in [6.45, 7) is -1.70. The zero-order valence-electron chi connectivity index (χ0n) is 27.9. The fourth-order valence-corrected chi connectivity index (χ4v) is 6.24. The molecule has 1 amide bonds. The molecule has 0 bridgehead atoms. The van der Waals surface area contributed by atoms with Gasteiger partial charge in [-0.15, -0.1) is 0 Å². The predicted molar refractivity (Wildman–Crippen MR) is 184 cm³/mol. The summed E-state index contributed by atoms with van der Waals surface area (Å²) >= 11 is 0. The van der Waals surface area contributed by atoms with Crippen LogP contribution in [0.2, 0.25) is 0 Å². The van der Waals surface area contributed by atoms with E-state index in [-0.39, 0.29) is 46.7 Å². The number of rotatable bonds is 14. The number of carbonyl (C=O) groups excluding carboxylic acids is 3. The maximum absolute atomic E-state index is 14.4. The van der Waals surface area contributed by atoms with Crippen LogP contribution in [-0.4, -0.2) is 66.3 Å². The molecule has 0 aliphatic rings. The zero-order valence-corrected chi connectivity index (χ0v) is 29.5. The third-order valence-electron chi connectivity index (χ3n) is 7.21. The van der Waals surface area contributed by atoms with Crippen molar-refractivity contribution in [2.45, 2.75) is 19.5 Å². The van der Waals surface area contributed by atoms with Crippen molar-refractivity contribution in [1.29, 1.82) is 0 Å². The van der Waals surface area contributed by atoms with Gasteiger partial charge in [0.2, 0.25) is 20.0 Å². The molecule has 0 radical (unpaired) electrons. The molecule has 0 aromatic heterocycles. The van der Waals surface area contributed by atoms with Gasteiger partial charge < -0.3 is 11.1 Å². The van der Waals surface area contributed by atoms with E-state index >= 15 is 0 Å². The highest BCUT2D eigenvalue weighted by atomic mass is 32.2. The second-order valence-corrected chi connectivity index (χ2v) is 15.0. The number of amides is 1. The molecule has 53 heavy (non-hydrogen) atoms. The molecule has 284 valence electrons. The third kappa shape index (κ3) is 12.1. The Hall–Kier alpha value is -5.27. The lowest BCUT2D eigenvalue weighted by Crippen LogP contribution is -2.34. The van der Waals surface area contributed by atoms with Crippen LogP contribution in [-0.2, 0) is 37.9 Å². The number of sulfonamides is 2. The van der Waals surface area contributed by atoms with Gasteiger partial charge in [-0.25, -0.2) is 34.4 Å². The highest BCUT2D eigenvalue weighted by Gasteiger charge is 2.22. The first-order valence-electron chi connectivity index (χ1n) is 15.1. The predicted octanol–water partition coefficient (Wildman–Crippen LogP) is 4.57. The van der Waals surface area contributed by atoms with Crippen molar-refractivity contribution in [2.24, 2.45) is 5.73 Å². The average Bonchev–Trinajstić information content (AvgIpc) is 3.09. The van der Waals surface area contributed by atoms with Crippen molar-refractivity contribution in [3.63, 3.8) is 0 Å². The zero-order chi connectivity index (χ0) is 39.7. The van der Waals surface area contributed by atoms with Crippen LogP contribution in [0.5, 0.6) is 0 Å². The van der Waals surface area contributed by atoms with Crippen LogP contribution in [0.3, 0.4) is 0 Å². The third-order valence-corrected chi connectivity index (χ3v) is 9.50. The number of halogens is 6. The molecule has 0 fully saturated rings. The number of anilines is 2. The molecular formula is C34H32F6N4O7S2. The number of nitrogens with zero attached hydrogens (tertiary/aromatic N) is 2. The summed E-state index contributed by atoms with van der Waals surface area (Å²) in [6.07, 6.45) is -1.41. The summed E-state index contributed by atoms with van der Waals surface area (Å²) in [4.78, 5) is 34.2.